The Labute approximate surface area is 152 Å². The standard InChI is InChI=1S/C20H17NO4S/c1-26(23,24)19-12-10-15(11-13-19)20(22)21-16-6-5-9-18(14-16)25-17-7-3-2-4-8-17/h2-14H,1H3,(H,21,22). The number of nitrogens with one attached hydrogen (secondary N) is 1. The van der Waals surface area contributed by atoms with Crippen LogP contribution in [0.15, 0.2) is 83.8 Å². The fourth-order valence-corrected chi connectivity index (χ4v) is 2.95. The average molecular weight is 367 g/mol. The molecule has 0 atom stereocenters. The number of rotatable bonds is 5. The van der Waals surface area contributed by atoms with Gasteiger partial charge in [0.25, 0.3) is 5.91 Å². The Morgan fingerprint density at radius 1 is 0.846 bits per heavy atom. The van der Waals surface area contributed by atoms with Gasteiger partial charge in [-0.15, -0.1) is 0 Å². The average Bonchev–Trinajstić information content (AvgIpc) is 2.62. The van der Waals surface area contributed by atoms with E-state index in [1.54, 1.807) is 24.3 Å². The molecule has 0 saturated carbocycles. The molecule has 0 unspecified atom stereocenters. The van der Waals surface area contributed by atoms with Crippen LogP contribution in [0.2, 0.25) is 0 Å². The lowest BCUT2D eigenvalue weighted by atomic mass is 10.2. The van der Waals surface area contributed by atoms with Gasteiger partial charge >= 0.3 is 0 Å². The molecule has 3 aromatic carbocycles. The molecule has 26 heavy (non-hydrogen) atoms. The Kier molecular flexibility index (Phi) is 5.04. The van der Waals surface area contributed by atoms with Crippen LogP contribution < -0.4 is 10.1 Å². The molecule has 132 valence electrons. The van der Waals surface area contributed by atoms with Gasteiger partial charge in [0, 0.05) is 23.6 Å². The number of carbonyl (C=O) groups excluding carboxylic acids is 1. The Morgan fingerprint density at radius 3 is 2.15 bits per heavy atom. The van der Waals surface area contributed by atoms with Crippen LogP contribution in [0.5, 0.6) is 11.5 Å². The summed E-state index contributed by atoms with van der Waals surface area (Å²) in [6.07, 6.45) is 1.13. The molecule has 6 heteroatoms. The highest BCUT2D eigenvalue weighted by atomic mass is 32.2. The second-order valence-corrected chi connectivity index (χ2v) is 7.71. The summed E-state index contributed by atoms with van der Waals surface area (Å²) in [5, 5.41) is 2.77. The topological polar surface area (TPSA) is 72.5 Å². The van der Waals surface area contributed by atoms with Crippen molar-refractivity contribution in [1.29, 1.82) is 0 Å². The van der Waals surface area contributed by atoms with E-state index < -0.39 is 9.84 Å². The monoisotopic (exact) mass is 367 g/mol. The van der Waals surface area contributed by atoms with Gasteiger partial charge in [0.05, 0.1) is 4.90 Å². The fraction of sp³-hybridized carbons (Fsp3) is 0.0500. The Bertz CT molecular complexity index is 1010. The molecule has 0 heterocycles. The highest BCUT2D eigenvalue weighted by Crippen LogP contribution is 2.24. The van der Waals surface area contributed by atoms with Gasteiger partial charge < -0.3 is 10.1 Å². The van der Waals surface area contributed by atoms with Crippen molar-refractivity contribution in [3.05, 3.63) is 84.4 Å². The maximum absolute atomic E-state index is 12.3. The molecule has 3 rings (SSSR count). The van der Waals surface area contributed by atoms with Crippen LogP contribution in [0.4, 0.5) is 5.69 Å². The smallest absolute Gasteiger partial charge is 0.255 e. The Hall–Kier alpha value is -3.12. The van der Waals surface area contributed by atoms with E-state index in [0.29, 0.717) is 22.7 Å². The number of anilines is 1. The molecule has 0 aromatic heterocycles. The maximum atomic E-state index is 12.3. The molecule has 0 radical (unpaired) electrons. The van der Waals surface area contributed by atoms with Crippen molar-refractivity contribution < 1.29 is 17.9 Å². The summed E-state index contributed by atoms with van der Waals surface area (Å²) in [6, 6.07) is 22.2. The third-order valence-electron chi connectivity index (χ3n) is 3.62. The van der Waals surface area contributed by atoms with E-state index in [1.807, 2.05) is 30.3 Å². The van der Waals surface area contributed by atoms with Gasteiger partial charge in [0.2, 0.25) is 0 Å². The molecule has 0 aliphatic heterocycles. The van der Waals surface area contributed by atoms with E-state index in [0.717, 1.165) is 6.26 Å². The van der Waals surface area contributed by atoms with Crippen LogP contribution in [0, 0.1) is 0 Å². The third kappa shape index (κ3) is 4.49. The number of ether oxygens (including phenoxy) is 1. The molecule has 0 aliphatic carbocycles. The van der Waals surface area contributed by atoms with Gasteiger partial charge in [-0.2, -0.15) is 0 Å². The summed E-state index contributed by atoms with van der Waals surface area (Å²) < 4.78 is 28.7. The zero-order valence-electron chi connectivity index (χ0n) is 14.0. The normalized spacial score (nSPS) is 11.0. The summed E-state index contributed by atoms with van der Waals surface area (Å²) in [5.74, 6) is 0.968. The Morgan fingerprint density at radius 2 is 1.50 bits per heavy atom. The predicted molar refractivity (Wildman–Crippen MR) is 100 cm³/mol. The van der Waals surface area contributed by atoms with Crippen molar-refractivity contribution in [3.63, 3.8) is 0 Å². The number of sulfone groups is 1. The molecule has 1 N–H and O–H groups in total. The third-order valence-corrected chi connectivity index (χ3v) is 4.74. The molecule has 1 amide bonds. The van der Waals surface area contributed by atoms with Crippen LogP contribution in [0.3, 0.4) is 0 Å². The second kappa shape index (κ2) is 7.41. The number of carbonyl (C=O) groups is 1. The van der Waals surface area contributed by atoms with Gasteiger partial charge in [-0.3, -0.25) is 4.79 Å². The first-order chi connectivity index (χ1) is 12.4. The summed E-state index contributed by atoms with van der Waals surface area (Å²) in [4.78, 5) is 12.5. The maximum Gasteiger partial charge on any atom is 0.255 e. The zero-order chi connectivity index (χ0) is 18.6. The van der Waals surface area contributed by atoms with Gasteiger partial charge in [-0.05, 0) is 48.5 Å². The lowest BCUT2D eigenvalue weighted by Gasteiger charge is -2.09. The summed E-state index contributed by atoms with van der Waals surface area (Å²) in [6.45, 7) is 0. The highest BCUT2D eigenvalue weighted by molar-refractivity contribution is 7.90. The molecular weight excluding hydrogens is 350 g/mol. The van der Waals surface area contributed by atoms with Crippen molar-refractivity contribution in [2.45, 2.75) is 4.90 Å². The SMILES string of the molecule is CS(=O)(=O)c1ccc(C(=O)Nc2cccc(Oc3ccccc3)c2)cc1. The highest BCUT2D eigenvalue weighted by Gasteiger charge is 2.10. The molecule has 0 saturated heterocycles. The summed E-state index contributed by atoms with van der Waals surface area (Å²) in [5.41, 5.74) is 0.947. The largest absolute Gasteiger partial charge is 0.457 e. The van der Waals surface area contributed by atoms with Crippen molar-refractivity contribution >= 4 is 21.4 Å². The van der Waals surface area contributed by atoms with Gasteiger partial charge in [-0.1, -0.05) is 24.3 Å². The second-order valence-electron chi connectivity index (χ2n) is 5.69. The first-order valence-corrected chi connectivity index (χ1v) is 9.75. The van der Waals surface area contributed by atoms with E-state index in [9.17, 15) is 13.2 Å². The first kappa shape index (κ1) is 17.7. The van der Waals surface area contributed by atoms with E-state index >= 15 is 0 Å². The Balaban J connectivity index is 1.72. The van der Waals surface area contributed by atoms with Crippen LogP contribution in [0.1, 0.15) is 10.4 Å². The minimum atomic E-state index is -3.29. The van der Waals surface area contributed by atoms with Crippen molar-refractivity contribution in [1.82, 2.24) is 0 Å². The van der Waals surface area contributed by atoms with E-state index in [-0.39, 0.29) is 10.8 Å². The summed E-state index contributed by atoms with van der Waals surface area (Å²) in [7, 11) is -3.29. The van der Waals surface area contributed by atoms with E-state index in [2.05, 4.69) is 5.32 Å². The zero-order valence-corrected chi connectivity index (χ0v) is 14.9. The van der Waals surface area contributed by atoms with E-state index in [4.69, 9.17) is 4.74 Å². The number of para-hydroxylation sites is 1. The fourth-order valence-electron chi connectivity index (χ4n) is 2.32. The molecule has 0 bridgehead atoms. The van der Waals surface area contributed by atoms with Crippen LogP contribution in [-0.2, 0) is 9.84 Å². The van der Waals surface area contributed by atoms with Crippen LogP contribution >= 0.6 is 0 Å². The quantitative estimate of drug-likeness (QED) is 0.736. The lowest BCUT2D eigenvalue weighted by Crippen LogP contribution is -2.12. The number of amides is 1. The predicted octanol–water partition coefficient (Wildman–Crippen LogP) is 4.13. The molecular formula is C20H17NO4S. The molecule has 3 aromatic rings. The number of hydrogen-bond donors (Lipinski definition) is 1. The molecule has 0 fully saturated rings. The molecule has 5 nitrogen and oxygen atoms in total. The number of benzene rings is 3. The minimum Gasteiger partial charge on any atom is -0.457 e. The lowest BCUT2D eigenvalue weighted by molar-refractivity contribution is 0.102. The van der Waals surface area contributed by atoms with Crippen molar-refractivity contribution in [2.75, 3.05) is 11.6 Å². The number of hydrogen-bond acceptors (Lipinski definition) is 4. The van der Waals surface area contributed by atoms with Gasteiger partial charge in [0.15, 0.2) is 9.84 Å². The first-order valence-electron chi connectivity index (χ1n) is 7.86. The van der Waals surface area contributed by atoms with Crippen LogP contribution in [0.25, 0.3) is 0 Å². The van der Waals surface area contributed by atoms with Crippen molar-refractivity contribution in [2.24, 2.45) is 0 Å². The van der Waals surface area contributed by atoms with E-state index in [1.165, 1.54) is 24.3 Å². The van der Waals surface area contributed by atoms with Gasteiger partial charge in [0.1, 0.15) is 11.5 Å². The summed E-state index contributed by atoms with van der Waals surface area (Å²) >= 11 is 0. The molecule has 0 spiro atoms. The van der Waals surface area contributed by atoms with Crippen LogP contribution in [-0.4, -0.2) is 20.6 Å². The van der Waals surface area contributed by atoms with Crippen molar-refractivity contribution in [3.8, 4) is 11.5 Å². The minimum absolute atomic E-state index is 0.173. The molecule has 0 aliphatic rings. The van der Waals surface area contributed by atoms with Gasteiger partial charge in [-0.25, -0.2) is 8.42 Å².